The summed E-state index contributed by atoms with van der Waals surface area (Å²) >= 11 is 0. The third kappa shape index (κ3) is 3.68. The van der Waals surface area contributed by atoms with Crippen molar-refractivity contribution in [3.63, 3.8) is 0 Å². The lowest BCUT2D eigenvalue weighted by molar-refractivity contribution is 0.103. The highest BCUT2D eigenvalue weighted by Crippen LogP contribution is 2.28. The highest BCUT2D eigenvalue weighted by Gasteiger charge is 2.15. The van der Waals surface area contributed by atoms with E-state index in [2.05, 4.69) is 0 Å². The minimum absolute atomic E-state index is 0.137. The van der Waals surface area contributed by atoms with Crippen LogP contribution in [0.5, 0.6) is 17.2 Å². The summed E-state index contributed by atoms with van der Waals surface area (Å²) in [6, 6.07) is 10.5. The predicted octanol–water partition coefficient (Wildman–Crippen LogP) is 3.58. The zero-order valence-corrected chi connectivity index (χ0v) is 14.3. The van der Waals surface area contributed by atoms with Gasteiger partial charge in [-0.3, -0.25) is 4.79 Å². The van der Waals surface area contributed by atoms with Gasteiger partial charge >= 0.3 is 0 Å². The van der Waals surface area contributed by atoms with Crippen LogP contribution in [0.3, 0.4) is 0 Å². The second-order valence-corrected chi connectivity index (χ2v) is 5.22. The number of methoxy groups -OCH3 is 3. The van der Waals surface area contributed by atoms with Crippen LogP contribution in [0.25, 0.3) is 6.08 Å². The van der Waals surface area contributed by atoms with Gasteiger partial charge in [0.2, 0.25) is 0 Å². The molecular weight excluding hydrogens is 306 g/mol. The third-order valence-electron chi connectivity index (χ3n) is 3.65. The molecule has 24 heavy (non-hydrogen) atoms. The summed E-state index contributed by atoms with van der Waals surface area (Å²) in [7, 11) is 4.64. The fourth-order valence-electron chi connectivity index (χ4n) is 2.34. The van der Waals surface area contributed by atoms with Crippen molar-refractivity contribution < 1.29 is 19.0 Å². The highest BCUT2D eigenvalue weighted by molar-refractivity contribution is 6.12. The molecule has 0 heterocycles. The number of hydrogen-bond acceptors (Lipinski definition) is 5. The van der Waals surface area contributed by atoms with Crippen molar-refractivity contribution in [2.75, 3.05) is 27.1 Å². The van der Waals surface area contributed by atoms with Crippen LogP contribution in [0.2, 0.25) is 0 Å². The Morgan fingerprint density at radius 3 is 2.29 bits per heavy atom. The molecule has 0 saturated carbocycles. The van der Waals surface area contributed by atoms with Gasteiger partial charge in [0.1, 0.15) is 17.2 Å². The van der Waals surface area contributed by atoms with Crippen molar-refractivity contribution in [2.45, 2.75) is 6.92 Å². The molecule has 5 nitrogen and oxygen atoms in total. The van der Waals surface area contributed by atoms with Gasteiger partial charge in [0, 0.05) is 0 Å². The number of allylic oxidation sites excluding steroid dienone is 1. The first-order valence-corrected chi connectivity index (χ1v) is 7.38. The molecule has 0 aromatic heterocycles. The Bertz CT molecular complexity index is 781. The number of ether oxygens (including phenoxy) is 3. The molecule has 2 N–H and O–H groups in total. The highest BCUT2D eigenvalue weighted by atomic mass is 16.5. The first-order valence-electron chi connectivity index (χ1n) is 7.38. The molecule has 0 saturated heterocycles. The maximum absolute atomic E-state index is 12.8. The van der Waals surface area contributed by atoms with Crippen LogP contribution >= 0.6 is 0 Å². The summed E-state index contributed by atoms with van der Waals surface area (Å²) in [6.45, 7) is 1.75. The van der Waals surface area contributed by atoms with Gasteiger partial charge in [-0.2, -0.15) is 0 Å². The summed E-state index contributed by atoms with van der Waals surface area (Å²) in [5, 5.41) is 0. The number of benzene rings is 2. The summed E-state index contributed by atoms with van der Waals surface area (Å²) in [4.78, 5) is 12.8. The van der Waals surface area contributed by atoms with Crippen molar-refractivity contribution in [3.8, 4) is 17.2 Å². The Hall–Kier alpha value is -2.95. The van der Waals surface area contributed by atoms with Crippen LogP contribution in [0.1, 0.15) is 22.8 Å². The predicted molar refractivity (Wildman–Crippen MR) is 94.9 cm³/mol. The lowest BCUT2D eigenvalue weighted by Crippen LogP contribution is -2.04. The van der Waals surface area contributed by atoms with Crippen LogP contribution in [-0.2, 0) is 0 Å². The zero-order valence-electron chi connectivity index (χ0n) is 14.3. The van der Waals surface area contributed by atoms with Gasteiger partial charge in [-0.1, -0.05) is 6.07 Å². The molecule has 2 aromatic carbocycles. The van der Waals surface area contributed by atoms with E-state index in [4.69, 9.17) is 19.9 Å². The second kappa shape index (κ2) is 7.55. The molecule has 0 spiro atoms. The van der Waals surface area contributed by atoms with E-state index in [-0.39, 0.29) is 5.78 Å². The van der Waals surface area contributed by atoms with Crippen molar-refractivity contribution >= 4 is 17.5 Å². The number of carbonyl (C=O) groups excluding carboxylic acids is 1. The Balaban J connectivity index is 2.39. The average Bonchev–Trinajstić information content (AvgIpc) is 2.61. The maximum Gasteiger partial charge on any atom is 0.192 e. The van der Waals surface area contributed by atoms with Gasteiger partial charge in [-0.15, -0.1) is 0 Å². The monoisotopic (exact) mass is 327 g/mol. The molecule has 0 bridgehead atoms. The fraction of sp³-hybridized carbons (Fsp3) is 0.211. The molecular formula is C19H21NO4. The topological polar surface area (TPSA) is 70.8 Å². The number of nitrogen functional groups attached to an aromatic ring is 1. The molecule has 0 atom stereocenters. The van der Waals surface area contributed by atoms with Crippen molar-refractivity contribution in [1.29, 1.82) is 0 Å². The fourth-order valence-corrected chi connectivity index (χ4v) is 2.34. The van der Waals surface area contributed by atoms with Gasteiger partial charge in [0.25, 0.3) is 0 Å². The SMILES string of the molecule is COc1ccc(OC)c(C(=O)C(C)=Cc2ccc(N)c(OC)c2)c1. The molecule has 0 aliphatic heterocycles. The minimum Gasteiger partial charge on any atom is -0.497 e. The Morgan fingerprint density at radius 2 is 1.67 bits per heavy atom. The summed E-state index contributed by atoms with van der Waals surface area (Å²) < 4.78 is 15.7. The van der Waals surface area contributed by atoms with Crippen LogP contribution in [-0.4, -0.2) is 27.1 Å². The number of hydrogen-bond donors (Lipinski definition) is 1. The van der Waals surface area contributed by atoms with Gasteiger partial charge in [0.05, 0.1) is 32.6 Å². The van der Waals surface area contributed by atoms with Gasteiger partial charge in [0.15, 0.2) is 5.78 Å². The first-order chi connectivity index (χ1) is 11.5. The Kier molecular flexibility index (Phi) is 5.47. The number of rotatable bonds is 6. The van der Waals surface area contributed by atoms with E-state index in [0.29, 0.717) is 34.1 Å². The molecule has 2 rings (SSSR count). The Morgan fingerprint density at radius 1 is 0.958 bits per heavy atom. The van der Waals surface area contributed by atoms with E-state index in [1.54, 1.807) is 57.6 Å². The molecule has 0 unspecified atom stereocenters. The van der Waals surface area contributed by atoms with E-state index >= 15 is 0 Å². The number of carbonyl (C=O) groups is 1. The number of ketones is 1. The molecule has 0 radical (unpaired) electrons. The van der Waals surface area contributed by atoms with Crippen LogP contribution in [0, 0.1) is 0 Å². The molecule has 0 fully saturated rings. The van der Waals surface area contributed by atoms with Crippen molar-refractivity contribution in [1.82, 2.24) is 0 Å². The molecule has 0 amide bonds. The summed E-state index contributed by atoms with van der Waals surface area (Å²) in [6.07, 6.45) is 1.78. The Labute approximate surface area is 141 Å². The average molecular weight is 327 g/mol. The van der Waals surface area contributed by atoms with E-state index < -0.39 is 0 Å². The number of nitrogens with two attached hydrogens (primary N) is 1. The van der Waals surface area contributed by atoms with Gasteiger partial charge in [-0.05, 0) is 54.5 Å². The summed E-state index contributed by atoms with van der Waals surface area (Å²) in [5.41, 5.74) is 8.20. The van der Waals surface area contributed by atoms with E-state index in [1.165, 1.54) is 7.11 Å². The maximum atomic E-state index is 12.8. The zero-order chi connectivity index (χ0) is 17.7. The quantitative estimate of drug-likeness (QED) is 0.499. The molecule has 0 aliphatic rings. The standard InChI is InChI=1S/C19H21NO4/c1-12(9-13-5-7-16(20)18(10-13)24-4)19(21)15-11-14(22-2)6-8-17(15)23-3/h5-11H,20H2,1-4H3. The molecule has 2 aromatic rings. The lowest BCUT2D eigenvalue weighted by Gasteiger charge is -2.10. The molecule has 5 heteroatoms. The van der Waals surface area contributed by atoms with Crippen LogP contribution in [0.15, 0.2) is 42.0 Å². The van der Waals surface area contributed by atoms with Crippen molar-refractivity contribution in [2.24, 2.45) is 0 Å². The lowest BCUT2D eigenvalue weighted by atomic mass is 10.0. The molecule has 126 valence electrons. The van der Waals surface area contributed by atoms with Crippen LogP contribution in [0.4, 0.5) is 5.69 Å². The second-order valence-electron chi connectivity index (χ2n) is 5.22. The number of Topliss-reactive ketones (excluding diaryl/α,β-unsaturated/α-hetero) is 1. The normalized spacial score (nSPS) is 11.1. The van der Waals surface area contributed by atoms with Crippen molar-refractivity contribution in [3.05, 3.63) is 53.1 Å². The smallest absolute Gasteiger partial charge is 0.192 e. The van der Waals surface area contributed by atoms with Crippen LogP contribution < -0.4 is 19.9 Å². The minimum atomic E-state index is -0.137. The first kappa shape index (κ1) is 17.4. The van der Waals surface area contributed by atoms with Gasteiger partial charge in [-0.25, -0.2) is 0 Å². The third-order valence-corrected chi connectivity index (χ3v) is 3.65. The van der Waals surface area contributed by atoms with E-state index in [9.17, 15) is 4.79 Å². The molecule has 0 aliphatic carbocycles. The van der Waals surface area contributed by atoms with E-state index in [1.807, 2.05) is 6.07 Å². The number of anilines is 1. The van der Waals surface area contributed by atoms with Gasteiger partial charge < -0.3 is 19.9 Å². The largest absolute Gasteiger partial charge is 0.497 e. The van der Waals surface area contributed by atoms with E-state index in [0.717, 1.165) is 5.56 Å². The summed E-state index contributed by atoms with van der Waals surface area (Å²) in [5.74, 6) is 1.54.